The number of hydrogen-bond acceptors (Lipinski definition) is 3. The van der Waals surface area contributed by atoms with Crippen molar-refractivity contribution >= 4 is 23.6 Å². The van der Waals surface area contributed by atoms with Gasteiger partial charge in [0.2, 0.25) is 5.91 Å². The van der Waals surface area contributed by atoms with E-state index in [4.69, 9.17) is 16.3 Å². The molecule has 1 aromatic carbocycles. The van der Waals surface area contributed by atoms with E-state index in [1.54, 1.807) is 6.08 Å². The van der Waals surface area contributed by atoms with Crippen LogP contribution in [0.15, 0.2) is 30.3 Å². The third kappa shape index (κ3) is 4.82. The molecule has 24 heavy (non-hydrogen) atoms. The zero-order valence-electron chi connectivity index (χ0n) is 14.0. The molecule has 3 rings (SSSR count). The quantitative estimate of drug-likeness (QED) is 0.787. The molecule has 0 bridgehead atoms. The fourth-order valence-electron chi connectivity index (χ4n) is 3.43. The van der Waals surface area contributed by atoms with Crippen molar-refractivity contribution in [1.82, 2.24) is 9.80 Å². The highest BCUT2D eigenvalue weighted by atomic mass is 35.5. The minimum atomic E-state index is 0.0996. The van der Waals surface area contributed by atoms with Gasteiger partial charge in [0.1, 0.15) is 0 Å². The second-order valence-corrected chi connectivity index (χ2v) is 6.88. The molecule has 4 nitrogen and oxygen atoms in total. The molecule has 0 spiro atoms. The van der Waals surface area contributed by atoms with Gasteiger partial charge in [-0.25, -0.2) is 0 Å². The van der Waals surface area contributed by atoms with E-state index in [0.717, 1.165) is 64.2 Å². The number of ether oxygens (including phenoxy) is 1. The number of carbonyl (C=O) groups excluding carboxylic acids is 1. The Bertz CT molecular complexity index is 557. The van der Waals surface area contributed by atoms with Crippen LogP contribution in [0.1, 0.15) is 24.8 Å². The Balaban J connectivity index is 1.48. The van der Waals surface area contributed by atoms with E-state index in [9.17, 15) is 4.79 Å². The highest BCUT2D eigenvalue weighted by Gasteiger charge is 2.26. The first kappa shape index (κ1) is 17.5. The molecule has 5 heteroatoms. The van der Waals surface area contributed by atoms with Crippen molar-refractivity contribution in [2.45, 2.75) is 25.3 Å². The monoisotopic (exact) mass is 348 g/mol. The van der Waals surface area contributed by atoms with Crippen molar-refractivity contribution in [3.8, 4) is 0 Å². The molecule has 0 atom stereocenters. The van der Waals surface area contributed by atoms with Gasteiger partial charge in [0.25, 0.3) is 0 Å². The predicted molar refractivity (Wildman–Crippen MR) is 97.1 cm³/mol. The summed E-state index contributed by atoms with van der Waals surface area (Å²) >= 11 is 5.87. The normalized spacial score (nSPS) is 21.1. The number of rotatable bonds is 3. The largest absolute Gasteiger partial charge is 0.380 e. The van der Waals surface area contributed by atoms with Crippen LogP contribution in [0, 0.1) is 0 Å². The third-order valence-corrected chi connectivity index (χ3v) is 5.09. The maximum absolute atomic E-state index is 12.4. The van der Waals surface area contributed by atoms with E-state index < -0.39 is 0 Å². The molecule has 0 unspecified atom stereocenters. The summed E-state index contributed by atoms with van der Waals surface area (Å²) in [6, 6.07) is 8.10. The number of halogens is 1. The Morgan fingerprint density at radius 1 is 1.08 bits per heavy atom. The fraction of sp³-hybridized carbons (Fsp3) is 0.526. The summed E-state index contributed by atoms with van der Waals surface area (Å²) in [5.74, 6) is 0.0996. The second-order valence-electron chi connectivity index (χ2n) is 6.44. The lowest BCUT2D eigenvalue weighted by Crippen LogP contribution is -2.47. The first-order valence-electron chi connectivity index (χ1n) is 8.77. The molecule has 1 aromatic rings. The van der Waals surface area contributed by atoms with Gasteiger partial charge >= 0.3 is 0 Å². The van der Waals surface area contributed by atoms with Gasteiger partial charge in [-0.3, -0.25) is 9.69 Å². The van der Waals surface area contributed by atoms with Crippen LogP contribution in [0.5, 0.6) is 0 Å². The molecule has 2 aliphatic heterocycles. The van der Waals surface area contributed by atoms with Crippen molar-refractivity contribution < 1.29 is 9.53 Å². The van der Waals surface area contributed by atoms with Gasteiger partial charge in [0.15, 0.2) is 0 Å². The molecule has 2 fully saturated rings. The fourth-order valence-corrected chi connectivity index (χ4v) is 3.55. The average molecular weight is 349 g/mol. The van der Waals surface area contributed by atoms with Crippen molar-refractivity contribution in [3.05, 3.63) is 40.9 Å². The molecule has 0 radical (unpaired) electrons. The molecule has 0 saturated carbocycles. The zero-order valence-corrected chi connectivity index (χ0v) is 14.8. The van der Waals surface area contributed by atoms with Crippen LogP contribution in [0.25, 0.3) is 6.08 Å². The molecule has 1 amide bonds. The lowest BCUT2D eigenvalue weighted by Gasteiger charge is -2.37. The van der Waals surface area contributed by atoms with E-state index >= 15 is 0 Å². The van der Waals surface area contributed by atoms with Crippen molar-refractivity contribution in [2.24, 2.45) is 0 Å². The third-order valence-electron chi connectivity index (χ3n) is 4.84. The summed E-state index contributed by atoms with van der Waals surface area (Å²) in [6.45, 7) is 5.54. The van der Waals surface area contributed by atoms with E-state index in [1.807, 2.05) is 35.2 Å². The minimum absolute atomic E-state index is 0.0996. The highest BCUT2D eigenvalue weighted by molar-refractivity contribution is 6.30. The summed E-state index contributed by atoms with van der Waals surface area (Å²) < 4.78 is 5.53. The smallest absolute Gasteiger partial charge is 0.246 e. The lowest BCUT2D eigenvalue weighted by atomic mass is 10.0. The summed E-state index contributed by atoms with van der Waals surface area (Å²) in [5.41, 5.74) is 0.993. The number of carbonyl (C=O) groups is 1. The second kappa shape index (κ2) is 8.65. The van der Waals surface area contributed by atoms with Gasteiger partial charge in [-0.15, -0.1) is 0 Å². The van der Waals surface area contributed by atoms with Crippen molar-refractivity contribution in [1.29, 1.82) is 0 Å². The summed E-state index contributed by atoms with van der Waals surface area (Å²) in [7, 11) is 0. The van der Waals surface area contributed by atoms with Crippen LogP contribution in [0.2, 0.25) is 5.02 Å². The number of hydrogen-bond donors (Lipinski definition) is 0. The standard InChI is InChI=1S/C19H25ClN2O2/c20-17-5-2-16(3-6-17)4-7-19(23)22-11-8-18(9-12-22)21-10-1-14-24-15-13-21/h2-7,18H,1,8-15H2/b7-4+. The first-order chi connectivity index (χ1) is 11.7. The van der Waals surface area contributed by atoms with Gasteiger partial charge in [-0.2, -0.15) is 0 Å². The molecular weight excluding hydrogens is 324 g/mol. The molecule has 130 valence electrons. The van der Waals surface area contributed by atoms with E-state index in [-0.39, 0.29) is 5.91 Å². The van der Waals surface area contributed by atoms with Crippen LogP contribution in [-0.4, -0.2) is 61.1 Å². The Hall–Kier alpha value is -1.36. The van der Waals surface area contributed by atoms with Gasteiger partial charge in [0, 0.05) is 49.9 Å². The molecule has 2 saturated heterocycles. The number of piperidine rings is 1. The molecular formula is C19H25ClN2O2. The van der Waals surface area contributed by atoms with Gasteiger partial charge < -0.3 is 9.64 Å². The summed E-state index contributed by atoms with van der Waals surface area (Å²) in [5, 5.41) is 0.708. The predicted octanol–water partition coefficient (Wildman–Crippen LogP) is 3.07. The van der Waals surface area contributed by atoms with E-state index in [2.05, 4.69) is 4.90 Å². The van der Waals surface area contributed by atoms with Crippen LogP contribution in [0.4, 0.5) is 0 Å². The SMILES string of the molecule is O=C(/C=C/c1ccc(Cl)cc1)N1CCC(N2CCCOCC2)CC1. The number of benzene rings is 1. The van der Waals surface area contributed by atoms with Gasteiger partial charge in [-0.1, -0.05) is 23.7 Å². The van der Waals surface area contributed by atoms with Gasteiger partial charge in [0.05, 0.1) is 6.61 Å². The van der Waals surface area contributed by atoms with Crippen LogP contribution in [-0.2, 0) is 9.53 Å². The van der Waals surface area contributed by atoms with Crippen molar-refractivity contribution in [2.75, 3.05) is 39.4 Å². The average Bonchev–Trinajstić information content (AvgIpc) is 2.90. The molecule has 2 aliphatic rings. The summed E-state index contributed by atoms with van der Waals surface area (Å²) in [6.07, 6.45) is 6.75. The zero-order chi connectivity index (χ0) is 16.8. The maximum atomic E-state index is 12.4. The molecule has 2 heterocycles. The number of nitrogens with zero attached hydrogens (tertiary/aromatic N) is 2. The Kier molecular flexibility index (Phi) is 6.30. The van der Waals surface area contributed by atoms with E-state index in [1.165, 1.54) is 0 Å². The summed E-state index contributed by atoms with van der Waals surface area (Å²) in [4.78, 5) is 16.9. The van der Waals surface area contributed by atoms with Crippen LogP contribution >= 0.6 is 11.6 Å². The molecule has 0 N–H and O–H groups in total. The topological polar surface area (TPSA) is 32.8 Å². The van der Waals surface area contributed by atoms with Gasteiger partial charge in [-0.05, 0) is 43.0 Å². The number of amides is 1. The first-order valence-corrected chi connectivity index (χ1v) is 9.14. The highest BCUT2D eigenvalue weighted by Crippen LogP contribution is 2.18. The maximum Gasteiger partial charge on any atom is 0.246 e. The molecule has 0 aromatic heterocycles. The Morgan fingerprint density at radius 2 is 1.83 bits per heavy atom. The minimum Gasteiger partial charge on any atom is -0.380 e. The van der Waals surface area contributed by atoms with Crippen LogP contribution < -0.4 is 0 Å². The molecule has 0 aliphatic carbocycles. The Morgan fingerprint density at radius 3 is 2.58 bits per heavy atom. The Labute approximate surface area is 149 Å². The van der Waals surface area contributed by atoms with Crippen LogP contribution in [0.3, 0.4) is 0 Å². The number of likely N-dealkylation sites (tertiary alicyclic amines) is 1. The van der Waals surface area contributed by atoms with E-state index in [0.29, 0.717) is 11.1 Å². The lowest BCUT2D eigenvalue weighted by molar-refractivity contribution is -0.127. The van der Waals surface area contributed by atoms with Crippen molar-refractivity contribution in [3.63, 3.8) is 0 Å².